The summed E-state index contributed by atoms with van der Waals surface area (Å²) >= 11 is 0. The number of carbonyl (C=O) groups is 2. The Morgan fingerprint density at radius 3 is 2.35 bits per heavy atom. The van der Waals surface area contributed by atoms with Crippen LogP contribution < -0.4 is 4.90 Å². The molecule has 1 heterocycles. The Labute approximate surface area is 155 Å². The lowest BCUT2D eigenvalue weighted by molar-refractivity contribution is 0.0817. The van der Waals surface area contributed by atoms with E-state index in [1.807, 2.05) is 39.0 Å². The maximum atomic E-state index is 12.8. The number of rotatable bonds is 6. The quantitative estimate of drug-likeness (QED) is 0.745. The molecule has 1 aliphatic rings. The standard InChI is InChI=1S/C21H28N2O3/c1-7-9-14(10-8-2)15-11-12-17(23(20(25)26)21(3,4)5)18-16(15)13-22(6)19(18)24/h7-8,11-12,14H,1-2,9-10,13H2,3-6H3,(H,25,26). The van der Waals surface area contributed by atoms with Crippen LogP contribution in [0.15, 0.2) is 37.4 Å². The van der Waals surface area contributed by atoms with Crippen molar-refractivity contribution >= 4 is 17.7 Å². The fourth-order valence-corrected chi connectivity index (χ4v) is 3.63. The number of benzene rings is 1. The van der Waals surface area contributed by atoms with Crippen molar-refractivity contribution in [1.29, 1.82) is 0 Å². The summed E-state index contributed by atoms with van der Waals surface area (Å²) in [4.78, 5) is 27.7. The zero-order valence-electron chi connectivity index (χ0n) is 16.1. The summed E-state index contributed by atoms with van der Waals surface area (Å²) in [6.07, 6.45) is 4.22. The maximum absolute atomic E-state index is 12.8. The molecule has 0 radical (unpaired) electrons. The molecule has 1 aromatic carbocycles. The topological polar surface area (TPSA) is 60.9 Å². The lowest BCUT2D eigenvalue weighted by Gasteiger charge is -2.34. The predicted octanol–water partition coefficient (Wildman–Crippen LogP) is 4.79. The number of carboxylic acid groups (broad SMARTS) is 1. The Kier molecular flexibility index (Phi) is 5.59. The molecule has 0 unspecified atom stereocenters. The number of amides is 2. The van der Waals surface area contributed by atoms with Crippen molar-refractivity contribution < 1.29 is 14.7 Å². The summed E-state index contributed by atoms with van der Waals surface area (Å²) in [5.41, 5.74) is 2.28. The smallest absolute Gasteiger partial charge is 0.412 e. The van der Waals surface area contributed by atoms with Crippen LogP contribution in [0.25, 0.3) is 0 Å². The number of hydrogen-bond donors (Lipinski definition) is 1. The molecule has 0 saturated heterocycles. The van der Waals surface area contributed by atoms with Gasteiger partial charge in [0, 0.05) is 19.1 Å². The Morgan fingerprint density at radius 2 is 1.88 bits per heavy atom. The van der Waals surface area contributed by atoms with E-state index in [9.17, 15) is 14.7 Å². The molecular weight excluding hydrogens is 328 g/mol. The van der Waals surface area contributed by atoms with E-state index in [-0.39, 0.29) is 11.8 Å². The predicted molar refractivity (Wildman–Crippen MR) is 105 cm³/mol. The Hall–Kier alpha value is -2.56. The fraction of sp³-hybridized carbons (Fsp3) is 0.429. The van der Waals surface area contributed by atoms with E-state index in [0.29, 0.717) is 17.8 Å². The minimum Gasteiger partial charge on any atom is -0.465 e. The van der Waals surface area contributed by atoms with Crippen molar-refractivity contribution in [3.05, 3.63) is 54.1 Å². The number of anilines is 1. The highest BCUT2D eigenvalue weighted by molar-refractivity contribution is 6.07. The van der Waals surface area contributed by atoms with E-state index in [1.165, 1.54) is 4.90 Å². The third-order valence-corrected chi connectivity index (χ3v) is 4.73. The summed E-state index contributed by atoms with van der Waals surface area (Å²) < 4.78 is 0. The van der Waals surface area contributed by atoms with Crippen LogP contribution in [0.2, 0.25) is 0 Å². The number of carbonyl (C=O) groups excluding carboxylic acids is 1. The van der Waals surface area contributed by atoms with Crippen LogP contribution in [-0.4, -0.2) is 34.6 Å². The van der Waals surface area contributed by atoms with Crippen LogP contribution in [0, 0.1) is 0 Å². The Morgan fingerprint density at radius 1 is 1.31 bits per heavy atom. The third-order valence-electron chi connectivity index (χ3n) is 4.73. The molecule has 0 fully saturated rings. The molecule has 26 heavy (non-hydrogen) atoms. The van der Waals surface area contributed by atoms with Gasteiger partial charge in [-0.25, -0.2) is 4.79 Å². The van der Waals surface area contributed by atoms with Crippen molar-refractivity contribution in [3.8, 4) is 0 Å². The van der Waals surface area contributed by atoms with Gasteiger partial charge in [-0.3, -0.25) is 9.69 Å². The van der Waals surface area contributed by atoms with Gasteiger partial charge >= 0.3 is 6.09 Å². The first-order valence-corrected chi connectivity index (χ1v) is 8.79. The summed E-state index contributed by atoms with van der Waals surface area (Å²) in [6.45, 7) is 13.6. The van der Waals surface area contributed by atoms with Crippen LogP contribution in [0.3, 0.4) is 0 Å². The van der Waals surface area contributed by atoms with Gasteiger partial charge in [-0.1, -0.05) is 18.2 Å². The molecule has 2 amide bonds. The third kappa shape index (κ3) is 3.52. The first kappa shape index (κ1) is 19.8. The molecule has 0 spiro atoms. The van der Waals surface area contributed by atoms with Crippen molar-refractivity contribution in [2.75, 3.05) is 11.9 Å². The lowest BCUT2D eigenvalue weighted by Crippen LogP contribution is -2.46. The zero-order chi connectivity index (χ0) is 19.6. The highest BCUT2D eigenvalue weighted by atomic mass is 16.4. The van der Waals surface area contributed by atoms with Crippen molar-refractivity contribution in [2.24, 2.45) is 0 Å². The van der Waals surface area contributed by atoms with Gasteiger partial charge in [0.15, 0.2) is 0 Å². The molecular formula is C21H28N2O3. The Balaban J connectivity index is 2.70. The highest BCUT2D eigenvalue weighted by Crippen LogP contribution is 2.40. The van der Waals surface area contributed by atoms with E-state index in [2.05, 4.69) is 13.2 Å². The average Bonchev–Trinajstić information content (AvgIpc) is 2.82. The van der Waals surface area contributed by atoms with Gasteiger partial charge in [-0.05, 0) is 56.7 Å². The number of allylic oxidation sites excluding steroid dienone is 2. The van der Waals surface area contributed by atoms with Gasteiger partial charge < -0.3 is 10.0 Å². The fourth-order valence-electron chi connectivity index (χ4n) is 3.63. The highest BCUT2D eigenvalue weighted by Gasteiger charge is 2.37. The SMILES string of the molecule is C=CCC(CC=C)c1ccc(N(C(=O)O)C(C)(C)C)c2c1CN(C)C2=O. The van der Waals surface area contributed by atoms with Gasteiger partial charge in [0.05, 0.1) is 11.3 Å². The van der Waals surface area contributed by atoms with Crippen LogP contribution >= 0.6 is 0 Å². The van der Waals surface area contributed by atoms with Crippen molar-refractivity contribution in [2.45, 2.75) is 51.6 Å². The second kappa shape index (κ2) is 7.36. The van der Waals surface area contributed by atoms with Gasteiger partial charge in [-0.15, -0.1) is 13.2 Å². The van der Waals surface area contributed by atoms with Gasteiger partial charge in [0.1, 0.15) is 0 Å². The normalized spacial score (nSPS) is 13.7. The van der Waals surface area contributed by atoms with Crippen LogP contribution in [0.5, 0.6) is 0 Å². The first-order valence-electron chi connectivity index (χ1n) is 8.79. The van der Waals surface area contributed by atoms with Crippen molar-refractivity contribution in [3.63, 3.8) is 0 Å². The Bertz CT molecular complexity index is 736. The lowest BCUT2D eigenvalue weighted by atomic mass is 9.86. The number of nitrogens with zero attached hydrogens (tertiary/aromatic N) is 2. The van der Waals surface area contributed by atoms with Gasteiger partial charge in [-0.2, -0.15) is 0 Å². The minimum absolute atomic E-state index is 0.136. The van der Waals surface area contributed by atoms with Crippen LogP contribution in [0.4, 0.5) is 10.5 Å². The second-order valence-corrected chi connectivity index (χ2v) is 7.72. The molecule has 140 valence electrons. The van der Waals surface area contributed by atoms with E-state index >= 15 is 0 Å². The van der Waals surface area contributed by atoms with E-state index in [0.717, 1.165) is 24.0 Å². The second-order valence-electron chi connectivity index (χ2n) is 7.72. The van der Waals surface area contributed by atoms with Gasteiger partial charge in [0.2, 0.25) is 0 Å². The molecule has 0 atom stereocenters. The van der Waals surface area contributed by atoms with E-state index in [1.54, 1.807) is 18.0 Å². The molecule has 0 saturated carbocycles. The first-order chi connectivity index (χ1) is 12.1. The molecule has 5 heteroatoms. The van der Waals surface area contributed by atoms with Crippen LogP contribution in [0.1, 0.15) is 61.0 Å². The minimum atomic E-state index is -1.07. The summed E-state index contributed by atoms with van der Waals surface area (Å²) in [5.74, 6) is 0.0447. The van der Waals surface area contributed by atoms with Crippen LogP contribution in [-0.2, 0) is 6.54 Å². The molecule has 0 bridgehead atoms. The number of hydrogen-bond acceptors (Lipinski definition) is 2. The maximum Gasteiger partial charge on any atom is 0.412 e. The van der Waals surface area contributed by atoms with Gasteiger partial charge in [0.25, 0.3) is 5.91 Å². The van der Waals surface area contributed by atoms with Crippen molar-refractivity contribution in [1.82, 2.24) is 4.90 Å². The molecule has 1 N–H and O–H groups in total. The molecule has 0 aliphatic carbocycles. The summed E-state index contributed by atoms with van der Waals surface area (Å²) in [5, 5.41) is 9.77. The average molecular weight is 356 g/mol. The number of fused-ring (bicyclic) bond motifs is 1. The zero-order valence-corrected chi connectivity index (χ0v) is 16.1. The molecule has 1 aliphatic heterocycles. The molecule has 2 rings (SSSR count). The molecule has 5 nitrogen and oxygen atoms in total. The monoisotopic (exact) mass is 356 g/mol. The largest absolute Gasteiger partial charge is 0.465 e. The molecule has 1 aromatic rings. The molecule has 0 aromatic heterocycles. The summed E-state index contributed by atoms with van der Waals surface area (Å²) in [7, 11) is 1.74. The van der Waals surface area contributed by atoms with E-state index in [4.69, 9.17) is 0 Å². The summed E-state index contributed by atoms with van der Waals surface area (Å²) in [6, 6.07) is 3.73. The van der Waals surface area contributed by atoms with E-state index < -0.39 is 11.6 Å².